The summed E-state index contributed by atoms with van der Waals surface area (Å²) in [5.41, 5.74) is 1.54. The van der Waals surface area contributed by atoms with Crippen molar-refractivity contribution in [2.24, 2.45) is 5.92 Å². The monoisotopic (exact) mass is 420 g/mol. The number of nitrogens with zero attached hydrogens (tertiary/aromatic N) is 1. The number of rotatable bonds is 4. The van der Waals surface area contributed by atoms with Gasteiger partial charge in [0.05, 0.1) is 22.0 Å². The summed E-state index contributed by atoms with van der Waals surface area (Å²) in [7, 11) is 0. The number of hydrogen-bond acceptors (Lipinski definition) is 4. The first-order valence-electron chi connectivity index (χ1n) is 8.87. The number of amides is 2. The molecule has 0 bridgehead atoms. The quantitative estimate of drug-likeness (QED) is 0.812. The Kier molecular flexibility index (Phi) is 5.08. The average molecular weight is 421 g/mol. The van der Waals surface area contributed by atoms with Crippen LogP contribution < -0.4 is 19.7 Å². The molecule has 0 saturated carbocycles. The van der Waals surface area contributed by atoms with Gasteiger partial charge >= 0.3 is 0 Å². The van der Waals surface area contributed by atoms with Gasteiger partial charge in [0.2, 0.25) is 18.6 Å². The maximum absolute atomic E-state index is 12.7. The molecular formula is C20H18Cl2N2O4. The summed E-state index contributed by atoms with van der Waals surface area (Å²) in [4.78, 5) is 26.8. The second-order valence-electron chi connectivity index (χ2n) is 6.85. The molecule has 4 rings (SSSR count). The first-order valence-corrected chi connectivity index (χ1v) is 9.63. The molecule has 2 heterocycles. The third kappa shape index (κ3) is 3.62. The zero-order valence-electron chi connectivity index (χ0n) is 15.1. The van der Waals surface area contributed by atoms with E-state index in [-0.39, 0.29) is 31.1 Å². The Morgan fingerprint density at radius 1 is 1.14 bits per heavy atom. The van der Waals surface area contributed by atoms with E-state index in [0.717, 1.165) is 5.56 Å². The van der Waals surface area contributed by atoms with Gasteiger partial charge in [0.1, 0.15) is 0 Å². The second-order valence-corrected chi connectivity index (χ2v) is 7.66. The lowest BCUT2D eigenvalue weighted by Gasteiger charge is -2.19. The summed E-state index contributed by atoms with van der Waals surface area (Å²) in [6, 6.07) is 10.3. The van der Waals surface area contributed by atoms with Crippen LogP contribution in [-0.4, -0.2) is 25.2 Å². The Labute approximate surface area is 172 Å². The van der Waals surface area contributed by atoms with Crippen molar-refractivity contribution in [2.45, 2.75) is 19.4 Å². The van der Waals surface area contributed by atoms with Crippen LogP contribution in [0.4, 0.5) is 5.69 Å². The first-order chi connectivity index (χ1) is 13.4. The Morgan fingerprint density at radius 2 is 1.93 bits per heavy atom. The van der Waals surface area contributed by atoms with E-state index < -0.39 is 5.92 Å². The van der Waals surface area contributed by atoms with Crippen LogP contribution in [0.2, 0.25) is 10.0 Å². The Morgan fingerprint density at radius 3 is 2.71 bits per heavy atom. The highest BCUT2D eigenvalue weighted by atomic mass is 35.5. The van der Waals surface area contributed by atoms with Crippen LogP contribution in [-0.2, 0) is 9.59 Å². The molecule has 0 radical (unpaired) electrons. The molecule has 0 aliphatic carbocycles. The number of ether oxygens (including phenoxy) is 2. The molecule has 2 aromatic carbocycles. The van der Waals surface area contributed by atoms with Crippen LogP contribution in [0.15, 0.2) is 36.4 Å². The van der Waals surface area contributed by atoms with Crippen molar-refractivity contribution in [3.05, 3.63) is 52.0 Å². The molecule has 1 fully saturated rings. The number of anilines is 1. The van der Waals surface area contributed by atoms with Gasteiger partial charge < -0.3 is 19.7 Å². The van der Waals surface area contributed by atoms with Crippen molar-refractivity contribution in [3.63, 3.8) is 0 Å². The second kappa shape index (κ2) is 7.53. The van der Waals surface area contributed by atoms with Gasteiger partial charge in [-0.1, -0.05) is 29.3 Å². The third-order valence-corrected chi connectivity index (χ3v) is 5.71. The zero-order chi connectivity index (χ0) is 19.8. The molecule has 2 amide bonds. The van der Waals surface area contributed by atoms with E-state index in [1.165, 1.54) is 0 Å². The van der Waals surface area contributed by atoms with E-state index in [9.17, 15) is 9.59 Å². The predicted molar refractivity (Wildman–Crippen MR) is 106 cm³/mol. The van der Waals surface area contributed by atoms with Crippen molar-refractivity contribution >= 4 is 40.7 Å². The lowest BCUT2D eigenvalue weighted by molar-refractivity contribution is -0.126. The smallest absolute Gasteiger partial charge is 0.231 e. The maximum atomic E-state index is 12.7. The topological polar surface area (TPSA) is 67.9 Å². The van der Waals surface area contributed by atoms with Crippen molar-refractivity contribution in [2.75, 3.05) is 18.2 Å². The summed E-state index contributed by atoms with van der Waals surface area (Å²) < 4.78 is 10.7. The number of halogens is 2. The number of carbonyl (C=O) groups is 2. The Bertz CT molecular complexity index is 950. The van der Waals surface area contributed by atoms with Crippen molar-refractivity contribution < 1.29 is 19.1 Å². The predicted octanol–water partition coefficient (Wildman–Crippen LogP) is 3.95. The molecule has 2 atom stereocenters. The SMILES string of the molecule is C[C@H](NC(=O)[C@@H]1CC(=O)N(c2ccc3c(c2)OCO3)C1)c1ccc(Cl)c(Cl)c1. The third-order valence-electron chi connectivity index (χ3n) is 4.97. The molecular weight excluding hydrogens is 403 g/mol. The summed E-state index contributed by atoms with van der Waals surface area (Å²) in [5.74, 6) is 0.561. The van der Waals surface area contributed by atoms with Crippen LogP contribution in [0.25, 0.3) is 0 Å². The normalized spacial score (nSPS) is 19.0. The van der Waals surface area contributed by atoms with E-state index in [1.807, 2.05) is 13.0 Å². The summed E-state index contributed by atoms with van der Waals surface area (Å²) >= 11 is 12.0. The molecule has 6 nitrogen and oxygen atoms in total. The van der Waals surface area contributed by atoms with Crippen LogP contribution >= 0.6 is 23.2 Å². The van der Waals surface area contributed by atoms with Crippen molar-refractivity contribution in [3.8, 4) is 11.5 Å². The Hall–Kier alpha value is -2.44. The van der Waals surface area contributed by atoms with Crippen LogP contribution in [0.3, 0.4) is 0 Å². The highest BCUT2D eigenvalue weighted by Gasteiger charge is 2.36. The zero-order valence-corrected chi connectivity index (χ0v) is 16.6. The number of benzene rings is 2. The molecule has 28 heavy (non-hydrogen) atoms. The van der Waals surface area contributed by atoms with E-state index in [2.05, 4.69) is 5.32 Å². The van der Waals surface area contributed by atoms with E-state index in [4.69, 9.17) is 32.7 Å². The molecule has 0 spiro atoms. The van der Waals surface area contributed by atoms with Gasteiger partial charge in [-0.15, -0.1) is 0 Å². The van der Waals surface area contributed by atoms with E-state index >= 15 is 0 Å². The number of fused-ring (bicyclic) bond motifs is 1. The molecule has 8 heteroatoms. The van der Waals surface area contributed by atoms with Crippen molar-refractivity contribution in [1.82, 2.24) is 5.32 Å². The number of nitrogens with one attached hydrogen (secondary N) is 1. The fourth-order valence-corrected chi connectivity index (χ4v) is 3.69. The molecule has 146 valence electrons. The molecule has 0 unspecified atom stereocenters. The highest BCUT2D eigenvalue weighted by Crippen LogP contribution is 2.37. The minimum absolute atomic E-state index is 0.0961. The summed E-state index contributed by atoms with van der Waals surface area (Å²) in [6.07, 6.45) is 0.161. The van der Waals surface area contributed by atoms with E-state index in [1.54, 1.807) is 35.2 Å². The van der Waals surface area contributed by atoms with Crippen LogP contribution in [0, 0.1) is 5.92 Å². The average Bonchev–Trinajstić information content (AvgIpc) is 3.29. The van der Waals surface area contributed by atoms with E-state index in [0.29, 0.717) is 33.8 Å². The minimum atomic E-state index is -0.428. The molecule has 1 saturated heterocycles. The van der Waals surface area contributed by atoms with Gasteiger partial charge in [0.15, 0.2) is 11.5 Å². The Balaban J connectivity index is 1.43. The largest absolute Gasteiger partial charge is 0.454 e. The molecule has 2 aliphatic rings. The minimum Gasteiger partial charge on any atom is -0.454 e. The fraction of sp³-hybridized carbons (Fsp3) is 0.300. The van der Waals surface area contributed by atoms with Gasteiger partial charge in [-0.3, -0.25) is 9.59 Å². The van der Waals surface area contributed by atoms with Crippen LogP contribution in [0.5, 0.6) is 11.5 Å². The van der Waals surface area contributed by atoms with Gasteiger partial charge in [0.25, 0.3) is 0 Å². The van der Waals surface area contributed by atoms with Crippen LogP contribution in [0.1, 0.15) is 24.9 Å². The molecule has 2 aromatic rings. The summed E-state index contributed by atoms with van der Waals surface area (Å²) in [6.45, 7) is 2.35. The number of carbonyl (C=O) groups excluding carboxylic acids is 2. The lowest BCUT2D eigenvalue weighted by Crippen LogP contribution is -2.34. The standard InChI is InChI=1S/C20H18Cl2N2O4/c1-11(12-2-4-15(21)16(22)6-12)23-20(26)13-7-19(25)24(9-13)14-3-5-17-18(8-14)28-10-27-17/h2-6,8,11,13H,7,9-10H2,1H3,(H,23,26)/t11-,13+/m0/s1. The maximum Gasteiger partial charge on any atom is 0.231 e. The molecule has 1 N–H and O–H groups in total. The molecule has 2 aliphatic heterocycles. The fourth-order valence-electron chi connectivity index (χ4n) is 3.38. The lowest BCUT2D eigenvalue weighted by atomic mass is 10.0. The van der Waals surface area contributed by atoms with Gasteiger partial charge in [-0.05, 0) is 36.8 Å². The highest BCUT2D eigenvalue weighted by molar-refractivity contribution is 6.42. The first kappa shape index (κ1) is 18.9. The van der Waals surface area contributed by atoms with Gasteiger partial charge in [-0.25, -0.2) is 0 Å². The van der Waals surface area contributed by atoms with Crippen molar-refractivity contribution in [1.29, 1.82) is 0 Å². The molecule has 0 aromatic heterocycles. The summed E-state index contributed by atoms with van der Waals surface area (Å²) in [5, 5.41) is 3.85. The van der Waals surface area contributed by atoms with Gasteiger partial charge in [0, 0.05) is 24.7 Å². The number of hydrogen-bond donors (Lipinski definition) is 1. The van der Waals surface area contributed by atoms with Gasteiger partial charge in [-0.2, -0.15) is 0 Å².